The van der Waals surface area contributed by atoms with E-state index in [4.69, 9.17) is 4.98 Å². The Labute approximate surface area is 184 Å². The smallest absolute Gasteiger partial charge is 0.368 e. The Balaban J connectivity index is 1.38. The highest BCUT2D eigenvalue weighted by atomic mass is 19.4. The normalized spacial score (nSPS) is 16.9. The van der Waals surface area contributed by atoms with E-state index in [-0.39, 0.29) is 5.91 Å². The summed E-state index contributed by atoms with van der Waals surface area (Å²) in [5.41, 5.74) is 1.36. The molecule has 0 N–H and O–H groups in total. The van der Waals surface area contributed by atoms with Crippen molar-refractivity contribution in [3.63, 3.8) is 0 Å². The number of halogens is 3. The molecule has 3 aromatic rings. The minimum atomic E-state index is -4.35. The summed E-state index contributed by atoms with van der Waals surface area (Å²) in [6, 6.07) is 15.0. The number of carbonyl (C=O) groups excluding carboxylic acids is 1. The monoisotopic (exact) mass is 440 g/mol. The van der Waals surface area contributed by atoms with Gasteiger partial charge in [0.15, 0.2) is 0 Å². The predicted octanol–water partition coefficient (Wildman–Crippen LogP) is 4.43. The van der Waals surface area contributed by atoms with Crippen LogP contribution in [-0.2, 0) is 6.18 Å². The van der Waals surface area contributed by atoms with Gasteiger partial charge in [-0.05, 0) is 36.8 Å². The number of piperazine rings is 1. The number of hydrogen-bond acceptors (Lipinski definition) is 4. The van der Waals surface area contributed by atoms with Gasteiger partial charge in [0.05, 0.1) is 16.6 Å². The summed E-state index contributed by atoms with van der Waals surface area (Å²) in [6.07, 6.45) is -3.33. The largest absolute Gasteiger partial charge is 0.416 e. The number of nitrogens with zero attached hydrogens (tertiary/aromatic N) is 4. The number of anilines is 2. The van der Waals surface area contributed by atoms with E-state index in [0.717, 1.165) is 42.3 Å². The molecule has 0 spiro atoms. The maximum atomic E-state index is 13.1. The highest BCUT2D eigenvalue weighted by Gasteiger charge is 2.31. The third-order valence-electron chi connectivity index (χ3n) is 6.22. The topological polar surface area (TPSA) is 39.7 Å². The molecule has 166 valence electrons. The van der Waals surface area contributed by atoms with Gasteiger partial charge in [0.1, 0.15) is 5.82 Å². The van der Waals surface area contributed by atoms with E-state index in [1.54, 1.807) is 6.07 Å². The van der Waals surface area contributed by atoms with E-state index < -0.39 is 11.7 Å². The fourth-order valence-corrected chi connectivity index (χ4v) is 4.26. The van der Waals surface area contributed by atoms with Crippen LogP contribution in [0.2, 0.25) is 0 Å². The lowest BCUT2D eigenvalue weighted by Gasteiger charge is -2.37. The third kappa shape index (κ3) is 3.85. The molecular formula is C24H23F3N4O. The standard InChI is InChI=1S/C24H23F3N4O/c25-24(26,27)17-5-3-6-18(15-17)29-11-13-30(14-12-29)22-16-20(23(32)31-9-4-10-31)19-7-1-2-8-21(19)28-22/h1-3,5-8,15-16H,4,9-14H2. The molecule has 0 unspecified atom stereocenters. The van der Waals surface area contributed by atoms with E-state index in [0.29, 0.717) is 37.4 Å². The maximum absolute atomic E-state index is 13.1. The van der Waals surface area contributed by atoms with Crippen molar-refractivity contribution >= 4 is 28.3 Å². The molecule has 2 aliphatic heterocycles. The van der Waals surface area contributed by atoms with Crippen molar-refractivity contribution in [3.8, 4) is 0 Å². The molecule has 32 heavy (non-hydrogen) atoms. The molecule has 5 nitrogen and oxygen atoms in total. The highest BCUT2D eigenvalue weighted by molar-refractivity contribution is 6.07. The van der Waals surface area contributed by atoms with Crippen LogP contribution < -0.4 is 9.80 Å². The summed E-state index contributed by atoms with van der Waals surface area (Å²) >= 11 is 0. The van der Waals surface area contributed by atoms with E-state index in [1.807, 2.05) is 40.1 Å². The third-order valence-corrected chi connectivity index (χ3v) is 6.22. The van der Waals surface area contributed by atoms with E-state index >= 15 is 0 Å². The molecule has 1 amide bonds. The van der Waals surface area contributed by atoms with Crippen molar-refractivity contribution in [2.24, 2.45) is 0 Å². The maximum Gasteiger partial charge on any atom is 0.416 e. The first-order valence-electron chi connectivity index (χ1n) is 10.8. The van der Waals surface area contributed by atoms with Crippen LogP contribution in [-0.4, -0.2) is 55.1 Å². The quantitative estimate of drug-likeness (QED) is 0.604. The molecular weight excluding hydrogens is 417 g/mol. The fraction of sp³-hybridized carbons (Fsp3) is 0.333. The fourth-order valence-electron chi connectivity index (χ4n) is 4.26. The van der Waals surface area contributed by atoms with Crippen molar-refractivity contribution in [1.29, 1.82) is 0 Å². The van der Waals surface area contributed by atoms with Crippen molar-refractivity contribution in [3.05, 3.63) is 65.7 Å². The Hall–Kier alpha value is -3.29. The van der Waals surface area contributed by atoms with Crippen LogP contribution in [0.5, 0.6) is 0 Å². The Morgan fingerprint density at radius 3 is 2.25 bits per heavy atom. The number of fused-ring (bicyclic) bond motifs is 1. The molecule has 3 heterocycles. The number of hydrogen-bond donors (Lipinski definition) is 0. The number of para-hydroxylation sites is 1. The summed E-state index contributed by atoms with van der Waals surface area (Å²) in [5.74, 6) is 0.759. The van der Waals surface area contributed by atoms with Gasteiger partial charge in [-0.15, -0.1) is 0 Å². The molecule has 5 rings (SSSR count). The number of rotatable bonds is 3. The first-order chi connectivity index (χ1) is 15.4. The summed E-state index contributed by atoms with van der Waals surface area (Å²) in [7, 11) is 0. The van der Waals surface area contributed by atoms with E-state index in [9.17, 15) is 18.0 Å². The van der Waals surface area contributed by atoms with Crippen molar-refractivity contribution in [2.45, 2.75) is 12.6 Å². The number of benzene rings is 2. The second-order valence-electron chi connectivity index (χ2n) is 8.21. The van der Waals surface area contributed by atoms with Gasteiger partial charge < -0.3 is 14.7 Å². The Bertz CT molecular complexity index is 1150. The zero-order valence-corrected chi connectivity index (χ0v) is 17.5. The predicted molar refractivity (Wildman–Crippen MR) is 118 cm³/mol. The first kappa shape index (κ1) is 20.6. The summed E-state index contributed by atoms with van der Waals surface area (Å²) in [6.45, 7) is 3.93. The van der Waals surface area contributed by atoms with Crippen LogP contribution >= 0.6 is 0 Å². The highest BCUT2D eigenvalue weighted by Crippen LogP contribution is 2.32. The van der Waals surface area contributed by atoms with E-state index in [2.05, 4.69) is 4.90 Å². The van der Waals surface area contributed by atoms with Gasteiger partial charge in [-0.25, -0.2) is 4.98 Å². The van der Waals surface area contributed by atoms with Crippen LogP contribution in [0, 0.1) is 0 Å². The van der Waals surface area contributed by atoms with Crippen LogP contribution in [0.3, 0.4) is 0 Å². The summed E-state index contributed by atoms with van der Waals surface area (Å²) < 4.78 is 39.2. The van der Waals surface area contributed by atoms with Gasteiger partial charge in [0.2, 0.25) is 0 Å². The SMILES string of the molecule is O=C(c1cc(N2CCN(c3cccc(C(F)(F)F)c3)CC2)nc2ccccc12)N1CCC1. The molecule has 0 atom stereocenters. The van der Waals surface area contributed by atoms with Crippen LogP contribution in [0.25, 0.3) is 10.9 Å². The Morgan fingerprint density at radius 2 is 1.56 bits per heavy atom. The second-order valence-corrected chi connectivity index (χ2v) is 8.21. The van der Waals surface area contributed by atoms with Crippen LogP contribution in [0.15, 0.2) is 54.6 Å². The van der Waals surface area contributed by atoms with Gasteiger partial charge in [0.25, 0.3) is 5.91 Å². The average molecular weight is 440 g/mol. The molecule has 0 aliphatic carbocycles. The first-order valence-corrected chi connectivity index (χ1v) is 10.8. The minimum absolute atomic E-state index is 0.0266. The number of aromatic nitrogens is 1. The van der Waals surface area contributed by atoms with Crippen LogP contribution in [0.4, 0.5) is 24.7 Å². The number of pyridine rings is 1. The molecule has 1 aromatic heterocycles. The molecule has 2 aliphatic rings. The lowest BCUT2D eigenvalue weighted by atomic mass is 10.1. The Kier molecular flexibility index (Phi) is 5.15. The van der Waals surface area contributed by atoms with Crippen LogP contribution in [0.1, 0.15) is 22.3 Å². The van der Waals surface area contributed by atoms with Gasteiger partial charge in [-0.1, -0.05) is 24.3 Å². The molecule has 2 aromatic carbocycles. The lowest BCUT2D eigenvalue weighted by Crippen LogP contribution is -2.47. The number of likely N-dealkylation sites (tertiary alicyclic amines) is 1. The molecule has 2 fully saturated rings. The average Bonchev–Trinajstić information content (AvgIpc) is 2.77. The number of alkyl halides is 3. The van der Waals surface area contributed by atoms with Gasteiger partial charge in [0, 0.05) is 50.3 Å². The van der Waals surface area contributed by atoms with Crippen molar-refractivity contribution in [2.75, 3.05) is 49.1 Å². The van der Waals surface area contributed by atoms with Gasteiger partial charge >= 0.3 is 6.18 Å². The van der Waals surface area contributed by atoms with Crippen molar-refractivity contribution < 1.29 is 18.0 Å². The zero-order valence-electron chi connectivity index (χ0n) is 17.5. The van der Waals surface area contributed by atoms with E-state index in [1.165, 1.54) is 12.1 Å². The van der Waals surface area contributed by atoms with Gasteiger partial charge in [-0.2, -0.15) is 13.2 Å². The zero-order chi connectivity index (χ0) is 22.3. The lowest BCUT2D eigenvalue weighted by molar-refractivity contribution is -0.137. The molecule has 0 radical (unpaired) electrons. The number of amides is 1. The molecule has 2 saturated heterocycles. The Morgan fingerprint density at radius 1 is 0.844 bits per heavy atom. The summed E-state index contributed by atoms with van der Waals surface area (Å²) in [4.78, 5) is 23.7. The molecule has 0 saturated carbocycles. The minimum Gasteiger partial charge on any atom is -0.368 e. The second kappa shape index (κ2) is 8.00. The van der Waals surface area contributed by atoms with Gasteiger partial charge in [-0.3, -0.25) is 4.79 Å². The molecule has 0 bridgehead atoms. The summed E-state index contributed by atoms with van der Waals surface area (Å²) in [5, 5.41) is 0.843. The molecule has 8 heteroatoms. The van der Waals surface area contributed by atoms with Crippen molar-refractivity contribution in [1.82, 2.24) is 9.88 Å². The number of carbonyl (C=O) groups is 1.